The summed E-state index contributed by atoms with van der Waals surface area (Å²) in [6.45, 7) is 6.87. The molecule has 0 saturated carbocycles. The molecule has 0 amide bonds. The zero-order valence-electron chi connectivity index (χ0n) is 12.7. The van der Waals surface area contributed by atoms with Crippen molar-refractivity contribution in [3.63, 3.8) is 0 Å². The summed E-state index contributed by atoms with van der Waals surface area (Å²) in [6.07, 6.45) is -0.393. The van der Waals surface area contributed by atoms with E-state index in [1.807, 2.05) is 30.3 Å². The van der Waals surface area contributed by atoms with Gasteiger partial charge >= 0.3 is 0 Å². The average Bonchev–Trinajstić information content (AvgIpc) is 2.95. The summed E-state index contributed by atoms with van der Waals surface area (Å²) in [5, 5.41) is 10.3. The van der Waals surface area contributed by atoms with Crippen molar-refractivity contribution in [3.8, 4) is 0 Å². The van der Waals surface area contributed by atoms with E-state index in [4.69, 9.17) is 12.2 Å². The molecular formula is C16H23N3OS2. The maximum atomic E-state index is 10.3. The minimum atomic E-state index is -0.393. The van der Waals surface area contributed by atoms with Crippen LogP contribution in [-0.2, 0) is 0 Å². The van der Waals surface area contributed by atoms with Crippen LogP contribution in [0.3, 0.4) is 0 Å². The van der Waals surface area contributed by atoms with Crippen molar-refractivity contribution >= 4 is 28.3 Å². The predicted octanol–water partition coefficient (Wildman–Crippen LogP) is 1.63. The lowest BCUT2D eigenvalue weighted by Gasteiger charge is -2.37. The van der Waals surface area contributed by atoms with Crippen LogP contribution in [0.1, 0.15) is 11.7 Å². The quantitative estimate of drug-likeness (QED) is 0.822. The Kier molecular flexibility index (Phi) is 5.71. The Labute approximate surface area is 142 Å². The lowest BCUT2D eigenvalue weighted by atomic mass is 10.1. The Morgan fingerprint density at radius 1 is 1.05 bits per heavy atom. The first-order valence-corrected chi connectivity index (χ1v) is 9.21. The number of nitrogens with zero attached hydrogens (tertiary/aromatic N) is 3. The van der Waals surface area contributed by atoms with E-state index >= 15 is 0 Å². The van der Waals surface area contributed by atoms with Gasteiger partial charge in [-0.1, -0.05) is 54.3 Å². The molecule has 0 radical (unpaired) electrons. The van der Waals surface area contributed by atoms with Gasteiger partial charge in [-0.3, -0.25) is 9.80 Å². The van der Waals surface area contributed by atoms with E-state index in [9.17, 15) is 5.11 Å². The minimum Gasteiger partial charge on any atom is -0.387 e. The Morgan fingerprint density at radius 3 is 2.36 bits per heavy atom. The maximum absolute atomic E-state index is 10.3. The molecule has 6 heteroatoms. The summed E-state index contributed by atoms with van der Waals surface area (Å²) in [5.74, 6) is 1.13. The highest BCUT2D eigenvalue weighted by molar-refractivity contribution is 8.23. The SMILES string of the molecule is OC(CN1CCN(CN2CCSC2=S)CC1)c1ccccc1. The van der Waals surface area contributed by atoms with E-state index in [0.29, 0.717) is 0 Å². The monoisotopic (exact) mass is 337 g/mol. The third-order valence-electron chi connectivity index (χ3n) is 4.30. The number of aliphatic hydroxyl groups is 1. The van der Waals surface area contributed by atoms with Crippen molar-refractivity contribution in [2.45, 2.75) is 6.10 Å². The number of piperazine rings is 1. The van der Waals surface area contributed by atoms with Crippen LogP contribution in [0.5, 0.6) is 0 Å². The third-order valence-corrected chi connectivity index (χ3v) is 5.80. The number of aliphatic hydroxyl groups excluding tert-OH is 1. The molecule has 2 saturated heterocycles. The van der Waals surface area contributed by atoms with Crippen molar-refractivity contribution in [3.05, 3.63) is 35.9 Å². The lowest BCUT2D eigenvalue weighted by Crippen LogP contribution is -2.50. The molecule has 2 aliphatic heterocycles. The van der Waals surface area contributed by atoms with Gasteiger partial charge in [-0.25, -0.2) is 0 Å². The summed E-state index contributed by atoms with van der Waals surface area (Å²) in [4.78, 5) is 7.11. The van der Waals surface area contributed by atoms with Crippen LogP contribution in [0.25, 0.3) is 0 Å². The zero-order chi connectivity index (χ0) is 15.4. The smallest absolute Gasteiger partial charge is 0.137 e. The van der Waals surface area contributed by atoms with Gasteiger partial charge in [0.1, 0.15) is 4.32 Å². The van der Waals surface area contributed by atoms with E-state index < -0.39 is 6.10 Å². The standard InChI is InChI=1S/C16H23N3OS2/c20-15(14-4-2-1-3-5-14)12-17-6-8-18(9-7-17)13-19-10-11-22-16(19)21/h1-5,15,20H,6-13H2. The molecule has 0 spiro atoms. The lowest BCUT2D eigenvalue weighted by molar-refractivity contribution is 0.0606. The van der Waals surface area contributed by atoms with Crippen LogP contribution in [-0.4, -0.2) is 75.8 Å². The summed E-state index contributed by atoms with van der Waals surface area (Å²) >= 11 is 7.15. The van der Waals surface area contributed by atoms with Crippen molar-refractivity contribution < 1.29 is 5.11 Å². The van der Waals surface area contributed by atoms with Gasteiger partial charge in [-0.2, -0.15) is 0 Å². The van der Waals surface area contributed by atoms with E-state index in [2.05, 4.69) is 14.7 Å². The number of thiocarbonyl (C=S) groups is 1. The second-order valence-corrected chi connectivity index (χ2v) is 7.59. The molecule has 1 atom stereocenters. The summed E-state index contributed by atoms with van der Waals surface area (Å²) in [7, 11) is 0. The van der Waals surface area contributed by atoms with Crippen molar-refractivity contribution in [2.24, 2.45) is 0 Å². The summed E-state index contributed by atoms with van der Waals surface area (Å²) in [5.41, 5.74) is 1.00. The Morgan fingerprint density at radius 2 is 1.73 bits per heavy atom. The van der Waals surface area contributed by atoms with Gasteiger partial charge in [-0.15, -0.1) is 0 Å². The molecule has 1 unspecified atom stereocenters. The molecule has 0 bridgehead atoms. The number of thioether (sulfide) groups is 1. The number of hydrogen-bond acceptors (Lipinski definition) is 5. The van der Waals surface area contributed by atoms with Crippen molar-refractivity contribution in [2.75, 3.05) is 51.7 Å². The summed E-state index contributed by atoms with van der Waals surface area (Å²) < 4.78 is 1.04. The van der Waals surface area contributed by atoms with E-state index in [-0.39, 0.29) is 0 Å². The van der Waals surface area contributed by atoms with E-state index in [0.717, 1.165) is 61.6 Å². The number of benzene rings is 1. The van der Waals surface area contributed by atoms with E-state index in [1.54, 1.807) is 11.8 Å². The minimum absolute atomic E-state index is 0.393. The fraction of sp³-hybridized carbons (Fsp3) is 0.562. The fourth-order valence-electron chi connectivity index (χ4n) is 2.93. The van der Waals surface area contributed by atoms with Crippen LogP contribution in [0.2, 0.25) is 0 Å². The molecule has 0 aromatic heterocycles. The number of β-amino-alcohol motifs (C(OH)–C–C–N with tert-alkyl or cyclic N) is 1. The normalized spacial score (nSPS) is 22.2. The zero-order valence-corrected chi connectivity index (χ0v) is 14.4. The molecular weight excluding hydrogens is 314 g/mol. The van der Waals surface area contributed by atoms with Gasteiger partial charge in [0.15, 0.2) is 0 Å². The Hall–Kier alpha value is -0.660. The summed E-state index contributed by atoms with van der Waals surface area (Å²) in [6, 6.07) is 9.93. The fourth-order valence-corrected chi connectivity index (χ4v) is 4.15. The second kappa shape index (κ2) is 7.75. The second-order valence-electron chi connectivity index (χ2n) is 5.86. The molecule has 1 aromatic rings. The molecule has 2 fully saturated rings. The molecule has 2 aliphatic rings. The first kappa shape index (κ1) is 16.2. The van der Waals surface area contributed by atoms with Crippen LogP contribution >= 0.6 is 24.0 Å². The van der Waals surface area contributed by atoms with Gasteiger partial charge in [0.2, 0.25) is 0 Å². The van der Waals surface area contributed by atoms with Gasteiger partial charge in [0.25, 0.3) is 0 Å². The molecule has 4 nitrogen and oxygen atoms in total. The van der Waals surface area contributed by atoms with E-state index in [1.165, 1.54) is 0 Å². The molecule has 120 valence electrons. The molecule has 22 heavy (non-hydrogen) atoms. The first-order chi connectivity index (χ1) is 10.7. The number of hydrogen-bond donors (Lipinski definition) is 1. The molecule has 2 heterocycles. The maximum Gasteiger partial charge on any atom is 0.137 e. The molecule has 1 N–H and O–H groups in total. The first-order valence-electron chi connectivity index (χ1n) is 7.82. The topological polar surface area (TPSA) is 30.0 Å². The molecule has 3 rings (SSSR count). The number of rotatable bonds is 5. The highest BCUT2D eigenvalue weighted by atomic mass is 32.2. The average molecular weight is 338 g/mol. The van der Waals surface area contributed by atoms with Gasteiger partial charge in [-0.05, 0) is 5.56 Å². The van der Waals surface area contributed by atoms with Crippen molar-refractivity contribution in [1.29, 1.82) is 0 Å². The predicted molar refractivity (Wildman–Crippen MR) is 96.0 cm³/mol. The molecule has 1 aromatic carbocycles. The Bertz CT molecular complexity index is 491. The third kappa shape index (κ3) is 4.20. The van der Waals surface area contributed by atoms with Crippen LogP contribution < -0.4 is 0 Å². The largest absolute Gasteiger partial charge is 0.387 e. The van der Waals surface area contributed by atoms with Gasteiger partial charge in [0, 0.05) is 45.0 Å². The highest BCUT2D eigenvalue weighted by Gasteiger charge is 2.24. The Balaban J connectivity index is 1.43. The molecule has 0 aliphatic carbocycles. The highest BCUT2D eigenvalue weighted by Crippen LogP contribution is 2.19. The van der Waals surface area contributed by atoms with Crippen molar-refractivity contribution in [1.82, 2.24) is 14.7 Å². The van der Waals surface area contributed by atoms with Gasteiger partial charge < -0.3 is 10.0 Å². The van der Waals surface area contributed by atoms with Gasteiger partial charge in [0.05, 0.1) is 12.8 Å². The van der Waals surface area contributed by atoms with Crippen LogP contribution in [0.4, 0.5) is 0 Å². The van der Waals surface area contributed by atoms with Crippen LogP contribution in [0.15, 0.2) is 30.3 Å². The van der Waals surface area contributed by atoms with Crippen LogP contribution in [0, 0.1) is 0 Å².